The van der Waals surface area contributed by atoms with E-state index in [1.165, 1.54) is 18.3 Å². The van der Waals surface area contributed by atoms with Crippen LogP contribution in [0, 0.1) is 5.92 Å². The van der Waals surface area contributed by atoms with Crippen LogP contribution in [0.3, 0.4) is 0 Å². The summed E-state index contributed by atoms with van der Waals surface area (Å²) in [6.07, 6.45) is 2.08. The molecule has 1 aromatic rings. The molecule has 0 aliphatic rings. The molecule has 1 heterocycles. The summed E-state index contributed by atoms with van der Waals surface area (Å²) in [4.78, 5) is 41.2. The van der Waals surface area contributed by atoms with Crippen molar-refractivity contribution in [1.82, 2.24) is 9.88 Å². The first-order chi connectivity index (χ1) is 12.2. The van der Waals surface area contributed by atoms with E-state index < -0.39 is 18.0 Å². The molecule has 26 heavy (non-hydrogen) atoms. The number of thiazole rings is 1. The fourth-order valence-corrected chi connectivity index (χ4v) is 3.58. The number of unbranched alkanes of at least 4 members (excludes halogenated alkanes) is 1. The number of nitrogens with zero attached hydrogens (tertiary/aromatic N) is 2. The molecule has 0 saturated heterocycles. The Morgan fingerprint density at radius 1 is 1.35 bits per heavy atom. The minimum atomic E-state index is -0.626. The van der Waals surface area contributed by atoms with Crippen LogP contribution in [0.5, 0.6) is 0 Å². The van der Waals surface area contributed by atoms with Crippen molar-refractivity contribution in [3.8, 4) is 0 Å². The van der Waals surface area contributed by atoms with Crippen molar-refractivity contribution in [1.29, 1.82) is 0 Å². The highest BCUT2D eigenvalue weighted by molar-refractivity contribution is 7.09. The third-order valence-corrected chi connectivity index (χ3v) is 5.16. The largest absolute Gasteiger partial charge is 0.455 e. The molecule has 0 saturated carbocycles. The maximum atomic E-state index is 12.4. The van der Waals surface area contributed by atoms with Gasteiger partial charge in [-0.15, -0.1) is 11.3 Å². The number of primary amides is 1. The number of nitrogens with two attached hydrogens (primary N) is 1. The number of esters is 1. The number of rotatable bonds is 10. The van der Waals surface area contributed by atoms with Crippen molar-refractivity contribution in [2.45, 2.75) is 65.5 Å². The highest BCUT2D eigenvalue weighted by atomic mass is 32.1. The maximum Gasteiger partial charge on any atom is 0.303 e. The number of carbonyl (C=O) groups excluding carboxylic acids is 3. The molecule has 1 aromatic heterocycles. The molecule has 146 valence electrons. The van der Waals surface area contributed by atoms with Crippen LogP contribution in [0.1, 0.15) is 75.0 Å². The Morgan fingerprint density at radius 3 is 2.46 bits per heavy atom. The molecule has 0 fully saturated rings. The summed E-state index contributed by atoms with van der Waals surface area (Å²) in [5.74, 6) is -0.821. The predicted molar refractivity (Wildman–Crippen MR) is 101 cm³/mol. The molecular weight excluding hydrogens is 354 g/mol. The number of ether oxygens (including phenoxy) is 1. The number of aromatic nitrogens is 1. The van der Waals surface area contributed by atoms with E-state index in [9.17, 15) is 14.4 Å². The van der Waals surface area contributed by atoms with Gasteiger partial charge in [-0.2, -0.15) is 0 Å². The second kappa shape index (κ2) is 10.3. The van der Waals surface area contributed by atoms with Gasteiger partial charge in [-0.25, -0.2) is 4.98 Å². The zero-order valence-electron chi connectivity index (χ0n) is 16.2. The summed E-state index contributed by atoms with van der Waals surface area (Å²) in [5, 5.41) is 2.06. The topological polar surface area (TPSA) is 103 Å². The van der Waals surface area contributed by atoms with Crippen molar-refractivity contribution in [3.63, 3.8) is 0 Å². The normalized spacial score (nSPS) is 13.3. The van der Waals surface area contributed by atoms with E-state index in [4.69, 9.17) is 10.5 Å². The second-order valence-electron chi connectivity index (χ2n) is 6.69. The van der Waals surface area contributed by atoms with Gasteiger partial charge in [0.25, 0.3) is 5.91 Å². The van der Waals surface area contributed by atoms with Gasteiger partial charge in [-0.05, 0) is 12.3 Å². The number of amides is 2. The van der Waals surface area contributed by atoms with Crippen molar-refractivity contribution < 1.29 is 19.1 Å². The van der Waals surface area contributed by atoms with Gasteiger partial charge < -0.3 is 15.4 Å². The minimum Gasteiger partial charge on any atom is -0.455 e. The van der Waals surface area contributed by atoms with E-state index in [1.54, 1.807) is 17.3 Å². The zero-order valence-corrected chi connectivity index (χ0v) is 17.0. The highest BCUT2D eigenvalue weighted by Gasteiger charge is 2.30. The second-order valence-corrected chi connectivity index (χ2v) is 7.58. The summed E-state index contributed by atoms with van der Waals surface area (Å²) in [6, 6.07) is -0.121. The Morgan fingerprint density at radius 2 is 2.00 bits per heavy atom. The van der Waals surface area contributed by atoms with E-state index in [0.717, 1.165) is 12.8 Å². The van der Waals surface area contributed by atoms with Crippen molar-refractivity contribution in [2.75, 3.05) is 7.05 Å². The lowest BCUT2D eigenvalue weighted by Crippen LogP contribution is -2.41. The van der Waals surface area contributed by atoms with E-state index in [-0.39, 0.29) is 23.6 Å². The standard InChI is InChI=1S/C18H29N3O4S/c1-6-7-8-16(23)21(5)14(11(2)3)9-15(25-12(4)22)18-20-13(10-26-18)17(19)24/h10-11,14-15H,6-9H2,1-5H3,(H2,19,24)/t14-,15-/m1/s1. The van der Waals surface area contributed by atoms with Gasteiger partial charge in [0.15, 0.2) is 6.10 Å². The van der Waals surface area contributed by atoms with E-state index in [0.29, 0.717) is 17.8 Å². The minimum absolute atomic E-state index is 0.0732. The van der Waals surface area contributed by atoms with E-state index in [2.05, 4.69) is 4.98 Å². The molecule has 2 N–H and O–H groups in total. The number of hydrogen-bond donors (Lipinski definition) is 1. The zero-order chi connectivity index (χ0) is 19.9. The van der Waals surface area contributed by atoms with Gasteiger partial charge in [0.1, 0.15) is 10.7 Å². The molecule has 2 amide bonds. The van der Waals surface area contributed by atoms with Crippen LogP contribution in [-0.4, -0.2) is 40.8 Å². The van der Waals surface area contributed by atoms with Gasteiger partial charge in [-0.1, -0.05) is 27.2 Å². The Bertz CT molecular complexity index is 630. The first-order valence-corrected chi connectivity index (χ1v) is 9.73. The highest BCUT2D eigenvalue weighted by Crippen LogP contribution is 2.30. The van der Waals surface area contributed by atoms with Gasteiger partial charge in [0.05, 0.1) is 0 Å². The Kier molecular flexibility index (Phi) is 8.71. The molecule has 0 unspecified atom stereocenters. The van der Waals surface area contributed by atoms with Crippen LogP contribution in [-0.2, 0) is 14.3 Å². The summed E-state index contributed by atoms with van der Waals surface area (Å²) >= 11 is 1.22. The molecule has 0 aromatic carbocycles. The number of hydrogen-bond acceptors (Lipinski definition) is 6. The molecule has 8 heteroatoms. The third kappa shape index (κ3) is 6.40. The lowest BCUT2D eigenvalue weighted by atomic mass is 9.96. The molecule has 0 spiro atoms. The Labute approximate surface area is 158 Å². The Hall–Kier alpha value is -1.96. The quantitative estimate of drug-likeness (QED) is 0.626. The summed E-state index contributed by atoms with van der Waals surface area (Å²) in [6.45, 7) is 7.42. The van der Waals surface area contributed by atoms with Crippen molar-refractivity contribution >= 4 is 29.1 Å². The smallest absolute Gasteiger partial charge is 0.303 e. The van der Waals surface area contributed by atoms with Crippen molar-refractivity contribution in [2.24, 2.45) is 11.7 Å². The first-order valence-electron chi connectivity index (χ1n) is 8.85. The van der Waals surface area contributed by atoms with Crippen LogP contribution in [0.15, 0.2) is 5.38 Å². The summed E-state index contributed by atoms with van der Waals surface area (Å²) < 4.78 is 5.44. The molecule has 0 aliphatic heterocycles. The van der Waals surface area contributed by atoms with Crippen LogP contribution >= 0.6 is 11.3 Å². The lowest BCUT2D eigenvalue weighted by molar-refractivity contribution is -0.148. The number of carbonyl (C=O) groups is 3. The third-order valence-electron chi connectivity index (χ3n) is 4.22. The monoisotopic (exact) mass is 383 g/mol. The van der Waals surface area contributed by atoms with Crippen LogP contribution in [0.25, 0.3) is 0 Å². The molecule has 0 aliphatic carbocycles. The van der Waals surface area contributed by atoms with E-state index in [1.807, 2.05) is 20.8 Å². The molecule has 1 rings (SSSR count). The molecular formula is C18H29N3O4S. The predicted octanol–water partition coefficient (Wildman–Crippen LogP) is 2.91. The van der Waals surface area contributed by atoms with Gasteiger partial charge in [-0.3, -0.25) is 14.4 Å². The van der Waals surface area contributed by atoms with E-state index >= 15 is 0 Å². The average molecular weight is 384 g/mol. The molecule has 2 atom stereocenters. The summed E-state index contributed by atoms with van der Waals surface area (Å²) in [7, 11) is 1.78. The average Bonchev–Trinajstić information content (AvgIpc) is 3.05. The molecule has 0 radical (unpaired) electrons. The Balaban J connectivity index is 3.01. The fourth-order valence-electron chi connectivity index (χ4n) is 2.73. The van der Waals surface area contributed by atoms with Gasteiger partial charge in [0.2, 0.25) is 5.91 Å². The van der Waals surface area contributed by atoms with Crippen LogP contribution < -0.4 is 5.73 Å². The van der Waals surface area contributed by atoms with Crippen LogP contribution in [0.2, 0.25) is 0 Å². The maximum absolute atomic E-state index is 12.4. The fraction of sp³-hybridized carbons (Fsp3) is 0.667. The summed E-state index contributed by atoms with van der Waals surface area (Å²) in [5.41, 5.74) is 5.41. The van der Waals surface area contributed by atoms with Gasteiger partial charge in [0, 0.05) is 38.2 Å². The SMILES string of the molecule is CCCCC(=O)N(C)[C@H](C[C@@H](OC(C)=O)c1nc(C(N)=O)cs1)C(C)C. The first kappa shape index (κ1) is 22.1. The van der Waals surface area contributed by atoms with Crippen LogP contribution in [0.4, 0.5) is 0 Å². The molecule has 7 nitrogen and oxygen atoms in total. The van der Waals surface area contributed by atoms with Crippen molar-refractivity contribution in [3.05, 3.63) is 16.1 Å². The van der Waals surface area contributed by atoms with Gasteiger partial charge >= 0.3 is 5.97 Å². The lowest BCUT2D eigenvalue weighted by Gasteiger charge is -2.33. The molecule has 0 bridgehead atoms.